The smallest absolute Gasteiger partial charge is 0.338 e. The number of thiazole rings is 1. The van der Waals surface area contributed by atoms with Gasteiger partial charge in [0.15, 0.2) is 4.80 Å². The summed E-state index contributed by atoms with van der Waals surface area (Å²) in [7, 11) is 1.58. The van der Waals surface area contributed by atoms with Crippen LogP contribution < -0.4 is 19.6 Å². The lowest BCUT2D eigenvalue weighted by Gasteiger charge is -2.27. The Hall–Kier alpha value is -4.40. The minimum atomic E-state index is -0.815. The molecule has 6 rings (SSSR count). The summed E-state index contributed by atoms with van der Waals surface area (Å²) in [6.07, 6.45) is 1.70. The number of allylic oxidation sites excluding steroid dienone is 1. The molecular formula is C33H27ClN2O5S. The van der Waals surface area contributed by atoms with E-state index in [1.165, 1.54) is 11.3 Å². The summed E-state index contributed by atoms with van der Waals surface area (Å²) in [5.74, 6) is 1.18. The van der Waals surface area contributed by atoms with Gasteiger partial charge in [-0.1, -0.05) is 59.3 Å². The number of fused-ring (bicyclic) bond motifs is 2. The van der Waals surface area contributed by atoms with Crippen LogP contribution in [0, 0.1) is 6.92 Å². The van der Waals surface area contributed by atoms with Crippen molar-refractivity contribution in [3.05, 3.63) is 120 Å². The highest BCUT2D eigenvalue weighted by molar-refractivity contribution is 7.07. The second kappa shape index (κ2) is 11.1. The third-order valence-electron chi connectivity index (χ3n) is 7.31. The van der Waals surface area contributed by atoms with E-state index in [2.05, 4.69) is 0 Å². The van der Waals surface area contributed by atoms with E-state index < -0.39 is 12.0 Å². The van der Waals surface area contributed by atoms with Gasteiger partial charge in [-0.3, -0.25) is 9.36 Å². The largest absolute Gasteiger partial charge is 0.496 e. The Kier molecular flexibility index (Phi) is 7.35. The molecular weight excluding hydrogens is 572 g/mol. The van der Waals surface area contributed by atoms with Crippen LogP contribution in [0.25, 0.3) is 28.2 Å². The first-order chi connectivity index (χ1) is 20.3. The maximum absolute atomic E-state index is 14.2. The normalized spacial score (nSPS) is 15.1. The van der Waals surface area contributed by atoms with Crippen LogP contribution in [-0.4, -0.2) is 24.3 Å². The number of carbonyl (C=O) groups excluding carboxylic acids is 1. The molecule has 2 aromatic heterocycles. The lowest BCUT2D eigenvalue weighted by molar-refractivity contribution is -0.139. The average molecular weight is 599 g/mol. The SMILES string of the molecule is CCOC(=O)C1=C(C)N=c2s/c(=C\c3ccc(-c4cc(Cl)ccc4C)o3)c(=O)n2[C@@H]1c1c(OC)ccc2ccccc12. The molecule has 0 saturated heterocycles. The molecule has 42 heavy (non-hydrogen) atoms. The number of hydrogen-bond donors (Lipinski definition) is 0. The fraction of sp³-hybridized carbons (Fsp3) is 0.182. The van der Waals surface area contributed by atoms with E-state index in [9.17, 15) is 9.59 Å². The van der Waals surface area contributed by atoms with E-state index in [1.807, 2.05) is 73.7 Å². The van der Waals surface area contributed by atoms with Gasteiger partial charge in [-0.25, -0.2) is 9.79 Å². The summed E-state index contributed by atoms with van der Waals surface area (Å²) < 4.78 is 19.4. The van der Waals surface area contributed by atoms with Crippen molar-refractivity contribution in [2.24, 2.45) is 4.99 Å². The molecule has 3 aromatic carbocycles. The maximum atomic E-state index is 14.2. The molecule has 0 saturated carbocycles. The van der Waals surface area contributed by atoms with E-state index >= 15 is 0 Å². The number of nitrogens with zero attached hydrogens (tertiary/aromatic N) is 2. The van der Waals surface area contributed by atoms with Gasteiger partial charge in [-0.15, -0.1) is 0 Å². The van der Waals surface area contributed by atoms with Crippen molar-refractivity contribution in [2.75, 3.05) is 13.7 Å². The van der Waals surface area contributed by atoms with Gasteiger partial charge in [-0.05, 0) is 67.4 Å². The first-order valence-corrected chi connectivity index (χ1v) is 14.6. The first kappa shape index (κ1) is 27.8. The van der Waals surface area contributed by atoms with Crippen molar-refractivity contribution in [3.8, 4) is 17.1 Å². The Labute approximate surface area is 250 Å². The zero-order chi connectivity index (χ0) is 29.5. The number of esters is 1. The monoisotopic (exact) mass is 598 g/mol. The van der Waals surface area contributed by atoms with E-state index in [-0.39, 0.29) is 12.2 Å². The van der Waals surface area contributed by atoms with E-state index in [0.717, 1.165) is 21.9 Å². The number of aromatic nitrogens is 1. The summed E-state index contributed by atoms with van der Waals surface area (Å²) in [5, 5.41) is 2.42. The summed E-state index contributed by atoms with van der Waals surface area (Å²) in [5.41, 5.74) is 3.06. The van der Waals surface area contributed by atoms with Crippen LogP contribution in [0.4, 0.5) is 0 Å². The molecule has 0 N–H and O–H groups in total. The quantitative estimate of drug-likeness (QED) is 0.218. The van der Waals surface area contributed by atoms with Crippen molar-refractivity contribution in [1.82, 2.24) is 4.57 Å². The Morgan fingerprint density at radius 3 is 2.71 bits per heavy atom. The van der Waals surface area contributed by atoms with Crippen molar-refractivity contribution >= 4 is 45.8 Å². The zero-order valence-corrected chi connectivity index (χ0v) is 25.0. The van der Waals surface area contributed by atoms with Crippen LogP contribution in [-0.2, 0) is 9.53 Å². The topological polar surface area (TPSA) is 83.0 Å². The molecule has 0 unspecified atom stereocenters. The molecule has 0 bridgehead atoms. The lowest BCUT2D eigenvalue weighted by Crippen LogP contribution is -2.40. The number of halogens is 1. The molecule has 1 atom stereocenters. The number of hydrogen-bond acceptors (Lipinski definition) is 7. The van der Waals surface area contributed by atoms with Gasteiger partial charge in [0, 0.05) is 22.2 Å². The van der Waals surface area contributed by atoms with Gasteiger partial charge in [-0.2, -0.15) is 0 Å². The van der Waals surface area contributed by atoms with Crippen molar-refractivity contribution < 1.29 is 18.7 Å². The molecule has 1 aliphatic heterocycles. The summed E-state index contributed by atoms with van der Waals surface area (Å²) >= 11 is 7.46. The molecule has 7 nitrogen and oxygen atoms in total. The minimum absolute atomic E-state index is 0.187. The second-order valence-corrected chi connectivity index (χ2v) is 11.3. The van der Waals surface area contributed by atoms with E-state index in [1.54, 1.807) is 31.6 Å². The third kappa shape index (κ3) is 4.76. The van der Waals surface area contributed by atoms with Gasteiger partial charge in [0.05, 0.1) is 29.5 Å². The highest BCUT2D eigenvalue weighted by Gasteiger charge is 2.36. The average Bonchev–Trinajstić information content (AvgIpc) is 3.57. The van der Waals surface area contributed by atoms with Crippen molar-refractivity contribution in [1.29, 1.82) is 0 Å². The van der Waals surface area contributed by atoms with Gasteiger partial charge in [0.25, 0.3) is 5.56 Å². The van der Waals surface area contributed by atoms with Gasteiger partial charge >= 0.3 is 5.97 Å². The van der Waals surface area contributed by atoms with Crippen LogP contribution in [0.15, 0.2) is 92.2 Å². The summed E-state index contributed by atoms with van der Waals surface area (Å²) in [4.78, 5) is 32.7. The van der Waals surface area contributed by atoms with Crippen molar-refractivity contribution in [3.63, 3.8) is 0 Å². The highest BCUT2D eigenvalue weighted by Crippen LogP contribution is 2.40. The fourth-order valence-electron chi connectivity index (χ4n) is 5.36. The summed E-state index contributed by atoms with van der Waals surface area (Å²) in [6, 6.07) is 20.1. The van der Waals surface area contributed by atoms with Crippen LogP contribution in [0.1, 0.15) is 36.8 Å². The lowest BCUT2D eigenvalue weighted by atomic mass is 9.90. The van der Waals surface area contributed by atoms with Crippen LogP contribution in [0.5, 0.6) is 5.75 Å². The van der Waals surface area contributed by atoms with Crippen molar-refractivity contribution in [2.45, 2.75) is 26.8 Å². The Morgan fingerprint density at radius 1 is 1.12 bits per heavy atom. The number of carbonyl (C=O) groups is 1. The number of methoxy groups -OCH3 is 1. The molecule has 212 valence electrons. The Balaban J connectivity index is 1.57. The maximum Gasteiger partial charge on any atom is 0.338 e. The standard InChI is InChI=1S/C33H27ClN2O5S/c1-5-40-32(38)28-19(3)35-33-36(30(28)29-23-9-7-6-8-20(23)11-14-26(29)39-4)31(37)27(42-33)17-22-13-15-25(41-22)24-16-21(34)12-10-18(24)2/h6-17,30H,5H2,1-4H3/b27-17-/t30-/m0/s1. The predicted molar refractivity (Wildman–Crippen MR) is 165 cm³/mol. The Morgan fingerprint density at radius 2 is 1.93 bits per heavy atom. The number of furan rings is 1. The van der Waals surface area contributed by atoms with Crippen LogP contribution >= 0.6 is 22.9 Å². The molecule has 0 radical (unpaired) electrons. The third-order valence-corrected chi connectivity index (χ3v) is 8.52. The van der Waals surface area contributed by atoms with E-state index in [4.69, 9.17) is 30.5 Å². The number of rotatable bonds is 6. The minimum Gasteiger partial charge on any atom is -0.496 e. The molecule has 0 amide bonds. The zero-order valence-electron chi connectivity index (χ0n) is 23.4. The van der Waals surface area contributed by atoms with Crippen LogP contribution in [0.2, 0.25) is 5.02 Å². The van der Waals surface area contributed by atoms with E-state index in [0.29, 0.717) is 48.5 Å². The second-order valence-electron chi connectivity index (χ2n) is 9.87. The first-order valence-electron chi connectivity index (χ1n) is 13.4. The molecule has 3 heterocycles. The molecule has 5 aromatic rings. The number of aryl methyl sites for hydroxylation is 1. The highest BCUT2D eigenvalue weighted by atomic mass is 35.5. The molecule has 0 spiro atoms. The van der Waals surface area contributed by atoms with Gasteiger partial charge in [0.1, 0.15) is 23.3 Å². The van der Waals surface area contributed by atoms with Gasteiger partial charge < -0.3 is 13.9 Å². The molecule has 1 aliphatic rings. The molecule has 9 heteroatoms. The predicted octanol–water partition coefficient (Wildman–Crippen LogP) is 6.18. The van der Waals surface area contributed by atoms with Crippen LogP contribution in [0.3, 0.4) is 0 Å². The fourth-order valence-corrected chi connectivity index (χ4v) is 6.56. The molecule has 0 fully saturated rings. The van der Waals surface area contributed by atoms with Gasteiger partial charge in [0.2, 0.25) is 0 Å². The molecule has 0 aliphatic carbocycles. The number of ether oxygens (including phenoxy) is 2. The number of benzene rings is 3. The summed E-state index contributed by atoms with van der Waals surface area (Å²) in [6.45, 7) is 5.68. The Bertz CT molecular complexity index is 2090.